The van der Waals surface area contributed by atoms with Crippen molar-refractivity contribution in [1.29, 1.82) is 0 Å². The van der Waals surface area contributed by atoms with Crippen LogP contribution in [0, 0.1) is 0 Å². The lowest BCUT2D eigenvalue weighted by molar-refractivity contribution is -0.120. The molecule has 4 heteroatoms. The van der Waals surface area contributed by atoms with Gasteiger partial charge in [0.05, 0.1) is 11.7 Å². The zero-order valence-electron chi connectivity index (χ0n) is 8.36. The van der Waals surface area contributed by atoms with Crippen LogP contribution in [0.15, 0.2) is 12.4 Å². The monoisotopic (exact) mass is 193 g/mol. The van der Waals surface area contributed by atoms with Crippen LogP contribution in [0.2, 0.25) is 0 Å². The van der Waals surface area contributed by atoms with Gasteiger partial charge in [0.1, 0.15) is 0 Å². The highest BCUT2D eigenvalue weighted by atomic mass is 16.1. The molecule has 1 aliphatic rings. The van der Waals surface area contributed by atoms with Gasteiger partial charge >= 0.3 is 0 Å². The van der Waals surface area contributed by atoms with Crippen LogP contribution < -0.4 is 5.73 Å². The molecule has 1 fully saturated rings. The van der Waals surface area contributed by atoms with Crippen LogP contribution in [0.4, 0.5) is 0 Å². The Hall–Kier alpha value is -1.16. The Morgan fingerprint density at radius 1 is 1.71 bits per heavy atom. The number of carbonyl (C=O) groups is 1. The highest BCUT2D eigenvalue weighted by Crippen LogP contribution is 2.33. The first-order valence-corrected chi connectivity index (χ1v) is 4.97. The molecule has 1 aliphatic carbocycles. The largest absolute Gasteiger partial charge is 0.319 e. The van der Waals surface area contributed by atoms with E-state index in [0.717, 1.165) is 24.9 Å². The summed E-state index contributed by atoms with van der Waals surface area (Å²) in [5, 5.41) is 4.11. The molecule has 2 N–H and O–H groups in total. The van der Waals surface area contributed by atoms with E-state index in [9.17, 15) is 4.79 Å². The summed E-state index contributed by atoms with van der Waals surface area (Å²) in [5.74, 6) is 0.146. The standard InChI is InChI=1S/C10H15N3O/c1-2-13-7-8(6-12-13)5-9(14)10(11)3-4-10/h6-7H,2-5,11H2,1H3. The van der Waals surface area contributed by atoms with Gasteiger partial charge in [-0.3, -0.25) is 9.48 Å². The lowest BCUT2D eigenvalue weighted by atomic mass is 10.1. The van der Waals surface area contributed by atoms with Gasteiger partial charge in [-0.15, -0.1) is 0 Å². The van der Waals surface area contributed by atoms with Crippen molar-refractivity contribution in [3.8, 4) is 0 Å². The first kappa shape index (κ1) is 9.40. The van der Waals surface area contributed by atoms with E-state index in [0.29, 0.717) is 6.42 Å². The van der Waals surface area contributed by atoms with Gasteiger partial charge in [-0.25, -0.2) is 0 Å². The quantitative estimate of drug-likeness (QED) is 0.757. The van der Waals surface area contributed by atoms with Crippen molar-refractivity contribution in [2.24, 2.45) is 5.73 Å². The third kappa shape index (κ3) is 1.70. The van der Waals surface area contributed by atoms with E-state index < -0.39 is 5.54 Å². The van der Waals surface area contributed by atoms with Gasteiger partial charge in [-0.05, 0) is 25.3 Å². The van der Waals surface area contributed by atoms with Gasteiger partial charge in [0, 0.05) is 19.2 Å². The highest BCUT2D eigenvalue weighted by molar-refractivity contribution is 5.92. The van der Waals surface area contributed by atoms with Crippen molar-refractivity contribution >= 4 is 5.78 Å². The topological polar surface area (TPSA) is 60.9 Å². The highest BCUT2D eigenvalue weighted by Gasteiger charge is 2.45. The van der Waals surface area contributed by atoms with Crippen molar-refractivity contribution in [3.05, 3.63) is 18.0 Å². The molecule has 0 saturated heterocycles. The minimum absolute atomic E-state index is 0.146. The van der Waals surface area contributed by atoms with E-state index >= 15 is 0 Å². The molecule has 1 heterocycles. The van der Waals surface area contributed by atoms with E-state index in [1.807, 2.05) is 17.8 Å². The number of ketones is 1. The fourth-order valence-electron chi connectivity index (χ4n) is 1.45. The second kappa shape index (κ2) is 3.20. The number of Topliss-reactive ketones (excluding diaryl/α,β-unsaturated/α-hetero) is 1. The normalized spacial score (nSPS) is 18.1. The van der Waals surface area contributed by atoms with Crippen LogP contribution in [0.1, 0.15) is 25.3 Å². The van der Waals surface area contributed by atoms with Crippen molar-refractivity contribution in [2.75, 3.05) is 0 Å². The second-order valence-corrected chi connectivity index (χ2v) is 3.96. The molecule has 0 bridgehead atoms. The van der Waals surface area contributed by atoms with Crippen LogP contribution in [-0.4, -0.2) is 21.1 Å². The molecule has 0 radical (unpaired) electrons. The minimum atomic E-state index is -0.506. The maximum Gasteiger partial charge on any atom is 0.157 e. The van der Waals surface area contributed by atoms with Crippen LogP contribution in [-0.2, 0) is 17.8 Å². The number of hydrogen-bond acceptors (Lipinski definition) is 3. The van der Waals surface area contributed by atoms with Crippen LogP contribution in [0.25, 0.3) is 0 Å². The molecule has 0 aliphatic heterocycles. The molecular formula is C10H15N3O. The average molecular weight is 193 g/mol. The second-order valence-electron chi connectivity index (χ2n) is 3.96. The summed E-state index contributed by atoms with van der Waals surface area (Å²) < 4.78 is 1.82. The average Bonchev–Trinajstić information content (AvgIpc) is 2.77. The molecule has 4 nitrogen and oxygen atoms in total. The molecule has 0 aromatic carbocycles. The molecule has 14 heavy (non-hydrogen) atoms. The lowest BCUT2D eigenvalue weighted by Gasteiger charge is -2.04. The third-order valence-corrected chi connectivity index (χ3v) is 2.72. The zero-order chi connectivity index (χ0) is 10.2. The Labute approximate surface area is 83.1 Å². The predicted molar refractivity (Wildman–Crippen MR) is 52.8 cm³/mol. The van der Waals surface area contributed by atoms with Gasteiger partial charge in [-0.1, -0.05) is 0 Å². The van der Waals surface area contributed by atoms with Gasteiger partial charge in [0.2, 0.25) is 0 Å². The molecule has 1 aromatic heterocycles. The number of carbonyl (C=O) groups excluding carboxylic acids is 1. The Morgan fingerprint density at radius 3 is 2.93 bits per heavy atom. The number of aromatic nitrogens is 2. The molecule has 0 unspecified atom stereocenters. The summed E-state index contributed by atoms with van der Waals surface area (Å²) in [4.78, 5) is 11.6. The zero-order valence-corrected chi connectivity index (χ0v) is 8.36. The van der Waals surface area contributed by atoms with E-state index in [1.54, 1.807) is 6.20 Å². The molecule has 76 valence electrons. The van der Waals surface area contributed by atoms with E-state index in [2.05, 4.69) is 5.10 Å². The third-order valence-electron chi connectivity index (χ3n) is 2.72. The van der Waals surface area contributed by atoms with Crippen LogP contribution in [0.5, 0.6) is 0 Å². The molecule has 2 rings (SSSR count). The number of nitrogens with two attached hydrogens (primary N) is 1. The van der Waals surface area contributed by atoms with Gasteiger partial charge in [-0.2, -0.15) is 5.10 Å². The summed E-state index contributed by atoms with van der Waals surface area (Å²) in [6.45, 7) is 2.85. The minimum Gasteiger partial charge on any atom is -0.319 e. The Morgan fingerprint density at radius 2 is 2.43 bits per heavy atom. The Balaban J connectivity index is 2.00. The van der Waals surface area contributed by atoms with Crippen molar-refractivity contribution in [3.63, 3.8) is 0 Å². The van der Waals surface area contributed by atoms with Crippen LogP contribution >= 0.6 is 0 Å². The maximum absolute atomic E-state index is 11.6. The molecule has 0 spiro atoms. The molecule has 1 saturated carbocycles. The SMILES string of the molecule is CCn1cc(CC(=O)C2(N)CC2)cn1. The van der Waals surface area contributed by atoms with Gasteiger partial charge in [0.25, 0.3) is 0 Å². The smallest absolute Gasteiger partial charge is 0.157 e. The van der Waals surface area contributed by atoms with E-state index in [4.69, 9.17) is 5.73 Å². The number of hydrogen-bond donors (Lipinski definition) is 1. The summed E-state index contributed by atoms with van der Waals surface area (Å²) >= 11 is 0. The number of rotatable bonds is 4. The predicted octanol–water partition coefficient (Wildman–Crippen LogP) is 0.506. The lowest BCUT2D eigenvalue weighted by Crippen LogP contribution is -2.33. The first-order valence-electron chi connectivity index (χ1n) is 4.97. The molecular weight excluding hydrogens is 178 g/mol. The fourth-order valence-corrected chi connectivity index (χ4v) is 1.45. The van der Waals surface area contributed by atoms with Gasteiger partial charge < -0.3 is 5.73 Å². The van der Waals surface area contributed by atoms with Crippen molar-refractivity contribution < 1.29 is 4.79 Å². The Bertz CT molecular complexity index is 352. The summed E-state index contributed by atoms with van der Waals surface area (Å²) in [5.41, 5.74) is 6.26. The van der Waals surface area contributed by atoms with E-state index in [-0.39, 0.29) is 5.78 Å². The summed E-state index contributed by atoms with van der Waals surface area (Å²) in [6.07, 6.45) is 5.76. The Kier molecular flexibility index (Phi) is 2.15. The number of nitrogens with zero attached hydrogens (tertiary/aromatic N) is 2. The fraction of sp³-hybridized carbons (Fsp3) is 0.600. The molecule has 0 amide bonds. The summed E-state index contributed by atoms with van der Waals surface area (Å²) in [6, 6.07) is 0. The molecule has 1 aromatic rings. The first-order chi connectivity index (χ1) is 6.64. The van der Waals surface area contributed by atoms with Crippen LogP contribution in [0.3, 0.4) is 0 Å². The van der Waals surface area contributed by atoms with Crippen molar-refractivity contribution in [2.45, 2.75) is 38.3 Å². The van der Waals surface area contributed by atoms with E-state index in [1.165, 1.54) is 0 Å². The molecule has 0 atom stereocenters. The maximum atomic E-state index is 11.6. The van der Waals surface area contributed by atoms with Gasteiger partial charge in [0.15, 0.2) is 5.78 Å². The van der Waals surface area contributed by atoms with Crippen molar-refractivity contribution in [1.82, 2.24) is 9.78 Å². The number of aryl methyl sites for hydroxylation is 1. The summed E-state index contributed by atoms with van der Waals surface area (Å²) in [7, 11) is 0.